The van der Waals surface area contributed by atoms with Crippen LogP contribution >= 0.6 is 0 Å². The summed E-state index contributed by atoms with van der Waals surface area (Å²) in [6.07, 6.45) is 8.77. The number of fused-ring (bicyclic) bond motifs is 1. The van der Waals surface area contributed by atoms with Crippen LogP contribution in [0.2, 0.25) is 0 Å². The van der Waals surface area contributed by atoms with Crippen LogP contribution in [0.3, 0.4) is 0 Å². The first kappa shape index (κ1) is 14.1. The number of nitrogens with one attached hydrogen (secondary N) is 1. The Kier molecular flexibility index (Phi) is 3.39. The van der Waals surface area contributed by atoms with Crippen molar-refractivity contribution < 1.29 is 9.53 Å². The fourth-order valence-electron chi connectivity index (χ4n) is 5.41. The summed E-state index contributed by atoms with van der Waals surface area (Å²) in [6.45, 7) is 0. The molecule has 1 aromatic carbocycles. The number of rotatable bonds is 3. The summed E-state index contributed by atoms with van der Waals surface area (Å²) in [5.41, 5.74) is 0.799. The summed E-state index contributed by atoms with van der Waals surface area (Å²) < 4.78 is 5.18. The van der Waals surface area contributed by atoms with Gasteiger partial charge in [-0.05, 0) is 74.1 Å². The molecule has 22 heavy (non-hydrogen) atoms. The van der Waals surface area contributed by atoms with E-state index in [1.54, 1.807) is 7.11 Å². The molecule has 0 radical (unpaired) electrons. The fourth-order valence-corrected chi connectivity index (χ4v) is 5.41. The van der Waals surface area contributed by atoms with Gasteiger partial charge in [-0.3, -0.25) is 4.79 Å². The van der Waals surface area contributed by atoms with E-state index in [-0.39, 0.29) is 11.3 Å². The van der Waals surface area contributed by atoms with Crippen molar-refractivity contribution in [2.75, 3.05) is 12.4 Å². The molecule has 1 amide bonds. The molecule has 0 saturated heterocycles. The monoisotopic (exact) mass is 299 g/mol. The van der Waals surface area contributed by atoms with Crippen molar-refractivity contribution in [2.24, 2.45) is 23.2 Å². The highest BCUT2D eigenvalue weighted by molar-refractivity contribution is 5.95. The summed E-state index contributed by atoms with van der Waals surface area (Å²) >= 11 is 0. The Morgan fingerprint density at radius 3 is 2.23 bits per heavy atom. The van der Waals surface area contributed by atoms with Gasteiger partial charge in [0.25, 0.3) is 0 Å². The van der Waals surface area contributed by atoms with Gasteiger partial charge in [0.05, 0.1) is 12.5 Å². The average Bonchev–Trinajstić information content (AvgIpc) is 2.74. The maximum Gasteiger partial charge on any atom is 0.230 e. The molecule has 2 atom stereocenters. The van der Waals surface area contributed by atoms with Crippen molar-refractivity contribution in [1.29, 1.82) is 0 Å². The van der Waals surface area contributed by atoms with Gasteiger partial charge in [0, 0.05) is 5.69 Å². The second-order valence-electron chi connectivity index (χ2n) is 7.72. The Balaban J connectivity index is 1.54. The van der Waals surface area contributed by atoms with Crippen molar-refractivity contribution in [2.45, 2.75) is 44.9 Å². The number of amides is 1. The lowest BCUT2D eigenvalue weighted by atomic mass is 9.58. The highest BCUT2D eigenvalue weighted by atomic mass is 16.5. The Labute approximate surface area is 132 Å². The average molecular weight is 299 g/mol. The normalized spacial score (nSPS) is 36.0. The number of methoxy groups -OCH3 is 1. The molecule has 118 valence electrons. The van der Waals surface area contributed by atoms with Gasteiger partial charge in [-0.2, -0.15) is 0 Å². The molecule has 4 aliphatic rings. The molecule has 1 aromatic rings. The largest absolute Gasteiger partial charge is 0.497 e. The Hall–Kier alpha value is -1.51. The predicted molar refractivity (Wildman–Crippen MR) is 86.8 cm³/mol. The molecule has 4 fully saturated rings. The summed E-state index contributed by atoms with van der Waals surface area (Å²) in [4.78, 5) is 13.0. The number of ether oxygens (including phenoxy) is 1. The maximum atomic E-state index is 13.0. The highest BCUT2D eigenvalue weighted by Gasteiger charge is 2.52. The summed E-state index contributed by atoms with van der Waals surface area (Å²) in [5.74, 6) is 3.45. The quantitative estimate of drug-likeness (QED) is 0.906. The number of anilines is 1. The SMILES string of the molecule is COc1ccc(NC(=O)C23CC4CCC(CC(C4)C2)C3)cc1. The van der Waals surface area contributed by atoms with Crippen LogP contribution < -0.4 is 10.1 Å². The lowest BCUT2D eigenvalue weighted by Crippen LogP contribution is -2.45. The first-order valence-corrected chi connectivity index (χ1v) is 8.62. The van der Waals surface area contributed by atoms with Crippen LogP contribution in [0.4, 0.5) is 5.69 Å². The van der Waals surface area contributed by atoms with Gasteiger partial charge in [0.15, 0.2) is 0 Å². The molecule has 3 heteroatoms. The van der Waals surface area contributed by atoms with Gasteiger partial charge in [-0.1, -0.05) is 12.8 Å². The topological polar surface area (TPSA) is 38.3 Å². The van der Waals surface area contributed by atoms with E-state index in [2.05, 4.69) is 5.32 Å². The molecule has 0 heterocycles. The van der Waals surface area contributed by atoms with Crippen LogP contribution in [0.5, 0.6) is 5.75 Å². The molecule has 0 spiro atoms. The molecule has 1 N–H and O–H groups in total. The molecule has 4 aliphatic carbocycles. The minimum Gasteiger partial charge on any atom is -0.497 e. The van der Waals surface area contributed by atoms with Crippen molar-refractivity contribution in [1.82, 2.24) is 0 Å². The first-order valence-electron chi connectivity index (χ1n) is 8.62. The van der Waals surface area contributed by atoms with Gasteiger partial charge in [0.2, 0.25) is 5.91 Å². The standard InChI is InChI=1S/C19H25NO2/c1-22-17-6-4-16(5-7-17)20-18(21)19-10-13-2-3-14(11-19)9-15(8-13)12-19/h4-7,13-15H,2-3,8-12H2,1H3,(H,20,21). The van der Waals surface area contributed by atoms with Gasteiger partial charge in [-0.25, -0.2) is 0 Å². The van der Waals surface area contributed by atoms with E-state index in [0.717, 1.165) is 48.5 Å². The van der Waals surface area contributed by atoms with Crippen molar-refractivity contribution >= 4 is 11.6 Å². The molecule has 4 bridgehead atoms. The third-order valence-corrected chi connectivity index (χ3v) is 6.18. The minimum absolute atomic E-state index is 0.0903. The van der Waals surface area contributed by atoms with Crippen LogP contribution in [0.15, 0.2) is 24.3 Å². The third-order valence-electron chi connectivity index (χ3n) is 6.18. The van der Waals surface area contributed by atoms with Crippen LogP contribution in [0.25, 0.3) is 0 Å². The second-order valence-corrected chi connectivity index (χ2v) is 7.72. The van der Waals surface area contributed by atoms with E-state index in [4.69, 9.17) is 4.74 Å². The molecular formula is C19H25NO2. The number of carbonyl (C=O) groups is 1. The Morgan fingerprint density at radius 1 is 1.05 bits per heavy atom. The predicted octanol–water partition coefficient (Wildman–Crippen LogP) is 4.24. The third kappa shape index (κ3) is 2.41. The number of benzene rings is 1. The van der Waals surface area contributed by atoms with Gasteiger partial charge >= 0.3 is 0 Å². The Bertz CT molecular complexity index is 549. The number of carbonyl (C=O) groups excluding carboxylic acids is 1. The molecular weight excluding hydrogens is 274 g/mol. The van der Waals surface area contributed by atoms with E-state index >= 15 is 0 Å². The summed E-state index contributed by atoms with van der Waals surface area (Å²) in [6, 6.07) is 7.68. The van der Waals surface area contributed by atoms with Crippen molar-refractivity contribution in [3.8, 4) is 5.75 Å². The van der Waals surface area contributed by atoms with E-state index in [1.807, 2.05) is 24.3 Å². The van der Waals surface area contributed by atoms with E-state index < -0.39 is 0 Å². The maximum absolute atomic E-state index is 13.0. The minimum atomic E-state index is -0.0903. The second kappa shape index (κ2) is 5.29. The van der Waals surface area contributed by atoms with Crippen LogP contribution in [0.1, 0.15) is 44.9 Å². The summed E-state index contributed by atoms with van der Waals surface area (Å²) in [7, 11) is 1.66. The van der Waals surface area contributed by atoms with Crippen molar-refractivity contribution in [3.63, 3.8) is 0 Å². The zero-order valence-corrected chi connectivity index (χ0v) is 13.3. The molecule has 0 aliphatic heterocycles. The zero-order valence-electron chi connectivity index (χ0n) is 13.3. The lowest BCUT2D eigenvalue weighted by molar-refractivity contribution is -0.132. The van der Waals surface area contributed by atoms with E-state index in [1.165, 1.54) is 25.7 Å². The van der Waals surface area contributed by atoms with Crippen LogP contribution in [0, 0.1) is 23.2 Å². The fraction of sp³-hybridized carbons (Fsp3) is 0.632. The van der Waals surface area contributed by atoms with Crippen LogP contribution in [-0.4, -0.2) is 13.0 Å². The molecule has 2 unspecified atom stereocenters. The number of hydrogen-bond donors (Lipinski definition) is 1. The molecule has 0 aromatic heterocycles. The van der Waals surface area contributed by atoms with Crippen LogP contribution in [-0.2, 0) is 4.79 Å². The van der Waals surface area contributed by atoms with E-state index in [0.29, 0.717) is 0 Å². The first-order chi connectivity index (χ1) is 10.7. The highest BCUT2D eigenvalue weighted by Crippen LogP contribution is 2.58. The zero-order chi connectivity index (χ0) is 15.2. The molecule has 3 nitrogen and oxygen atoms in total. The van der Waals surface area contributed by atoms with Crippen molar-refractivity contribution in [3.05, 3.63) is 24.3 Å². The van der Waals surface area contributed by atoms with E-state index in [9.17, 15) is 4.79 Å². The lowest BCUT2D eigenvalue weighted by Gasteiger charge is -2.47. The summed E-state index contributed by atoms with van der Waals surface area (Å²) in [5, 5.41) is 3.18. The Morgan fingerprint density at radius 2 is 1.64 bits per heavy atom. The van der Waals surface area contributed by atoms with Gasteiger partial charge in [0.1, 0.15) is 5.75 Å². The number of hydrogen-bond acceptors (Lipinski definition) is 2. The molecule has 4 saturated carbocycles. The molecule has 5 rings (SSSR count). The van der Waals surface area contributed by atoms with Gasteiger partial charge in [-0.15, -0.1) is 0 Å². The smallest absolute Gasteiger partial charge is 0.230 e. The van der Waals surface area contributed by atoms with Gasteiger partial charge < -0.3 is 10.1 Å².